The highest BCUT2D eigenvalue weighted by Gasteiger charge is 2.11. The highest BCUT2D eigenvalue weighted by Crippen LogP contribution is 2.31. The summed E-state index contributed by atoms with van der Waals surface area (Å²) < 4.78 is 5.33. The van der Waals surface area contributed by atoms with Crippen LogP contribution in [-0.4, -0.2) is 18.6 Å². The molecule has 0 spiro atoms. The summed E-state index contributed by atoms with van der Waals surface area (Å²) in [5.41, 5.74) is 10.1. The average molecular weight is 262 g/mol. The zero-order valence-corrected chi connectivity index (χ0v) is 11.8. The van der Waals surface area contributed by atoms with Crippen molar-refractivity contribution < 1.29 is 4.74 Å². The molecule has 0 saturated heterocycles. The van der Waals surface area contributed by atoms with Crippen LogP contribution < -0.4 is 10.5 Å². The lowest BCUT2D eigenvalue weighted by Crippen LogP contribution is -2.02. The molecule has 0 unspecified atom stereocenters. The van der Waals surface area contributed by atoms with Gasteiger partial charge >= 0.3 is 0 Å². The van der Waals surface area contributed by atoms with Gasteiger partial charge in [0.15, 0.2) is 0 Å². The van der Waals surface area contributed by atoms with E-state index in [1.807, 2.05) is 6.07 Å². The van der Waals surface area contributed by atoms with E-state index < -0.39 is 0 Å². The van der Waals surface area contributed by atoms with Gasteiger partial charge in [-0.05, 0) is 43.7 Å². The molecule has 4 heteroatoms. The summed E-state index contributed by atoms with van der Waals surface area (Å²) in [6.45, 7) is 4.83. The Morgan fingerprint density at radius 3 is 2.72 bits per heavy atom. The van der Waals surface area contributed by atoms with Crippen molar-refractivity contribution in [2.75, 3.05) is 13.7 Å². The van der Waals surface area contributed by atoms with Crippen molar-refractivity contribution in [3.63, 3.8) is 0 Å². The van der Waals surface area contributed by atoms with Gasteiger partial charge in [0.1, 0.15) is 5.75 Å². The van der Waals surface area contributed by atoms with Crippen LogP contribution in [0, 0.1) is 13.8 Å². The third-order valence-corrected chi connectivity index (χ3v) is 4.05. The van der Waals surface area contributed by atoms with E-state index in [9.17, 15) is 0 Å². The van der Waals surface area contributed by atoms with Crippen LogP contribution in [0.15, 0.2) is 17.5 Å². The van der Waals surface area contributed by atoms with Crippen molar-refractivity contribution >= 4 is 11.3 Å². The van der Waals surface area contributed by atoms with Crippen molar-refractivity contribution in [2.45, 2.75) is 20.3 Å². The topological polar surface area (TPSA) is 48.1 Å². The molecule has 1 aromatic heterocycles. The molecule has 2 rings (SSSR count). The van der Waals surface area contributed by atoms with Gasteiger partial charge in [0.2, 0.25) is 0 Å². The Kier molecular flexibility index (Phi) is 3.99. The van der Waals surface area contributed by atoms with Gasteiger partial charge in [0.05, 0.1) is 17.8 Å². The van der Waals surface area contributed by atoms with E-state index in [0.717, 1.165) is 22.9 Å². The van der Waals surface area contributed by atoms with Crippen molar-refractivity contribution in [1.29, 1.82) is 0 Å². The van der Waals surface area contributed by atoms with Gasteiger partial charge in [-0.3, -0.25) is 0 Å². The fourth-order valence-corrected chi connectivity index (χ4v) is 2.78. The minimum absolute atomic E-state index is 0.646. The lowest BCUT2D eigenvalue weighted by atomic mass is 10.0. The van der Waals surface area contributed by atoms with Crippen LogP contribution in [0.5, 0.6) is 5.75 Å². The molecule has 0 atom stereocenters. The second kappa shape index (κ2) is 5.50. The maximum atomic E-state index is 5.55. The van der Waals surface area contributed by atoms with Crippen LogP contribution in [0.3, 0.4) is 0 Å². The number of nitrogens with two attached hydrogens (primary N) is 1. The summed E-state index contributed by atoms with van der Waals surface area (Å²) in [5.74, 6) is 0.925. The Balaban J connectivity index is 2.41. The van der Waals surface area contributed by atoms with E-state index in [2.05, 4.69) is 30.3 Å². The quantitative estimate of drug-likeness (QED) is 0.921. The largest absolute Gasteiger partial charge is 0.496 e. The molecule has 0 fully saturated rings. The number of hydrogen-bond donors (Lipinski definition) is 1. The Hall–Kier alpha value is -1.39. The number of ether oxygens (including phenoxy) is 1. The van der Waals surface area contributed by atoms with Crippen LogP contribution in [0.2, 0.25) is 0 Å². The predicted octanol–water partition coefficient (Wildman–Crippen LogP) is 2.94. The molecule has 0 radical (unpaired) electrons. The SMILES string of the molecule is COc1ccc(-c2csc(CCN)n2)c(C)c1C. The number of benzene rings is 1. The smallest absolute Gasteiger partial charge is 0.122 e. The molecule has 96 valence electrons. The Labute approximate surface area is 112 Å². The molecule has 0 amide bonds. The first kappa shape index (κ1) is 13.1. The van der Waals surface area contributed by atoms with Gasteiger partial charge < -0.3 is 10.5 Å². The van der Waals surface area contributed by atoms with E-state index in [4.69, 9.17) is 10.5 Å². The van der Waals surface area contributed by atoms with E-state index in [1.54, 1.807) is 18.4 Å². The monoisotopic (exact) mass is 262 g/mol. The Bertz CT molecular complexity index is 549. The zero-order valence-electron chi connectivity index (χ0n) is 11.0. The second-order valence-electron chi connectivity index (χ2n) is 4.23. The summed E-state index contributed by atoms with van der Waals surface area (Å²) in [6, 6.07) is 4.07. The maximum absolute atomic E-state index is 5.55. The maximum Gasteiger partial charge on any atom is 0.122 e. The molecule has 0 bridgehead atoms. The van der Waals surface area contributed by atoms with Crippen LogP contribution in [0.25, 0.3) is 11.3 Å². The molecule has 2 N–H and O–H groups in total. The average Bonchev–Trinajstić information content (AvgIpc) is 2.81. The standard InChI is InChI=1S/C14H18N2OS/c1-9-10(2)13(17-3)5-4-11(9)12-8-18-14(16-12)6-7-15/h4-5,8H,6-7,15H2,1-3H3. The van der Waals surface area contributed by atoms with Crippen LogP contribution >= 0.6 is 11.3 Å². The molecule has 1 heterocycles. The molecule has 0 aliphatic heterocycles. The summed E-state index contributed by atoms with van der Waals surface area (Å²) in [7, 11) is 1.70. The fourth-order valence-electron chi connectivity index (χ4n) is 1.97. The number of nitrogens with zero attached hydrogens (tertiary/aromatic N) is 1. The molecule has 18 heavy (non-hydrogen) atoms. The number of thiazole rings is 1. The highest BCUT2D eigenvalue weighted by molar-refractivity contribution is 7.09. The second-order valence-corrected chi connectivity index (χ2v) is 5.17. The third kappa shape index (κ3) is 2.40. The predicted molar refractivity (Wildman–Crippen MR) is 76.3 cm³/mol. The molecule has 3 nitrogen and oxygen atoms in total. The normalized spacial score (nSPS) is 10.7. The van der Waals surface area contributed by atoms with Crippen molar-refractivity contribution in [1.82, 2.24) is 4.98 Å². The van der Waals surface area contributed by atoms with Crippen LogP contribution in [0.4, 0.5) is 0 Å². The first-order chi connectivity index (χ1) is 8.67. The Morgan fingerprint density at radius 1 is 1.28 bits per heavy atom. The zero-order chi connectivity index (χ0) is 13.1. The molecule has 2 aromatic rings. The summed E-state index contributed by atoms with van der Waals surface area (Å²) in [4.78, 5) is 4.63. The van der Waals surface area contributed by atoms with Gasteiger partial charge in [-0.25, -0.2) is 4.98 Å². The van der Waals surface area contributed by atoms with Gasteiger partial charge in [-0.2, -0.15) is 0 Å². The van der Waals surface area contributed by atoms with E-state index in [0.29, 0.717) is 6.54 Å². The molecule has 0 aliphatic rings. The molecule has 0 saturated carbocycles. The lowest BCUT2D eigenvalue weighted by Gasteiger charge is -2.10. The Morgan fingerprint density at radius 2 is 2.06 bits per heavy atom. The molecule has 0 aliphatic carbocycles. The summed E-state index contributed by atoms with van der Waals surface area (Å²) in [6.07, 6.45) is 0.846. The summed E-state index contributed by atoms with van der Waals surface area (Å²) in [5, 5.41) is 3.19. The number of hydrogen-bond acceptors (Lipinski definition) is 4. The highest BCUT2D eigenvalue weighted by atomic mass is 32.1. The summed E-state index contributed by atoms with van der Waals surface area (Å²) >= 11 is 1.67. The molecule has 1 aromatic carbocycles. The fraction of sp³-hybridized carbons (Fsp3) is 0.357. The minimum Gasteiger partial charge on any atom is -0.496 e. The van der Waals surface area contributed by atoms with Crippen molar-refractivity contribution in [2.24, 2.45) is 5.73 Å². The minimum atomic E-state index is 0.646. The van der Waals surface area contributed by atoms with Gasteiger partial charge in [0, 0.05) is 17.4 Å². The van der Waals surface area contributed by atoms with E-state index in [1.165, 1.54) is 16.7 Å². The first-order valence-electron chi connectivity index (χ1n) is 5.96. The van der Waals surface area contributed by atoms with Crippen LogP contribution in [-0.2, 0) is 6.42 Å². The van der Waals surface area contributed by atoms with Gasteiger partial charge in [-0.15, -0.1) is 11.3 Å². The van der Waals surface area contributed by atoms with Gasteiger partial charge in [0.25, 0.3) is 0 Å². The number of methoxy groups -OCH3 is 1. The third-order valence-electron chi connectivity index (χ3n) is 3.14. The molecular formula is C14H18N2OS. The number of aromatic nitrogens is 1. The van der Waals surface area contributed by atoms with Crippen LogP contribution in [0.1, 0.15) is 16.1 Å². The van der Waals surface area contributed by atoms with Crippen molar-refractivity contribution in [3.05, 3.63) is 33.6 Å². The first-order valence-corrected chi connectivity index (χ1v) is 6.84. The van der Waals surface area contributed by atoms with Gasteiger partial charge in [-0.1, -0.05) is 0 Å². The van der Waals surface area contributed by atoms with E-state index in [-0.39, 0.29) is 0 Å². The van der Waals surface area contributed by atoms with Crippen molar-refractivity contribution in [3.8, 4) is 17.0 Å². The number of rotatable bonds is 4. The lowest BCUT2D eigenvalue weighted by molar-refractivity contribution is 0.411. The van der Waals surface area contributed by atoms with E-state index >= 15 is 0 Å². The molecular weight excluding hydrogens is 244 g/mol.